The number of oxazole rings is 1. The monoisotopic (exact) mass is 348 g/mol. The summed E-state index contributed by atoms with van der Waals surface area (Å²) >= 11 is 0. The average molecular weight is 348 g/mol. The minimum Gasteiger partial charge on any atom is -0.478 e. The molecule has 0 radical (unpaired) electrons. The Hall–Kier alpha value is -2.41. The van der Waals surface area contributed by atoms with E-state index in [0.717, 1.165) is 11.3 Å². The molecule has 6 nitrogen and oxygen atoms in total. The number of ether oxygens (including phenoxy) is 1. The third kappa shape index (κ3) is 3.82. The van der Waals surface area contributed by atoms with E-state index in [9.17, 15) is 14.3 Å². The predicted molar refractivity (Wildman–Crippen MR) is 87.9 cm³/mol. The van der Waals surface area contributed by atoms with Crippen LogP contribution in [0.5, 0.6) is 5.75 Å². The van der Waals surface area contributed by atoms with Crippen molar-refractivity contribution in [2.75, 3.05) is 13.1 Å². The van der Waals surface area contributed by atoms with E-state index in [1.165, 1.54) is 12.1 Å². The number of likely N-dealkylation sites (tertiary alicyclic amines) is 1. The second-order valence-corrected chi connectivity index (χ2v) is 6.47. The molecule has 3 rings (SSSR count). The van der Waals surface area contributed by atoms with E-state index in [4.69, 9.17) is 9.15 Å². The average Bonchev–Trinajstić information content (AvgIpc) is 2.98. The van der Waals surface area contributed by atoms with E-state index in [2.05, 4.69) is 9.88 Å². The number of aliphatic carboxylic acids is 1. The van der Waals surface area contributed by atoms with Gasteiger partial charge in [0.05, 0.1) is 5.69 Å². The molecule has 0 saturated carbocycles. The van der Waals surface area contributed by atoms with Crippen molar-refractivity contribution in [3.8, 4) is 5.75 Å². The zero-order chi connectivity index (χ0) is 18.0. The van der Waals surface area contributed by atoms with Crippen molar-refractivity contribution in [2.45, 2.75) is 38.8 Å². The van der Waals surface area contributed by atoms with Crippen LogP contribution < -0.4 is 4.74 Å². The molecule has 1 fully saturated rings. The lowest BCUT2D eigenvalue weighted by atomic mass is 9.91. The van der Waals surface area contributed by atoms with E-state index in [1.807, 2.05) is 6.92 Å². The first-order valence-corrected chi connectivity index (χ1v) is 8.20. The van der Waals surface area contributed by atoms with Crippen molar-refractivity contribution in [3.63, 3.8) is 0 Å². The molecule has 0 atom stereocenters. The molecule has 0 spiro atoms. The summed E-state index contributed by atoms with van der Waals surface area (Å²) in [6.45, 7) is 5.21. The fraction of sp³-hybridized carbons (Fsp3) is 0.444. The molecule has 7 heteroatoms. The topological polar surface area (TPSA) is 75.8 Å². The van der Waals surface area contributed by atoms with Gasteiger partial charge in [-0.05, 0) is 24.6 Å². The van der Waals surface area contributed by atoms with Crippen LogP contribution in [0.2, 0.25) is 0 Å². The minimum atomic E-state index is -1.41. The number of aryl methyl sites for hydroxylation is 2. The predicted octanol–water partition coefficient (Wildman–Crippen LogP) is 2.93. The van der Waals surface area contributed by atoms with E-state index in [-0.39, 0.29) is 18.6 Å². The van der Waals surface area contributed by atoms with E-state index >= 15 is 0 Å². The summed E-state index contributed by atoms with van der Waals surface area (Å²) in [5.74, 6) is -1.02. The highest BCUT2D eigenvalue weighted by molar-refractivity contribution is 5.78. The Kier molecular flexibility index (Phi) is 4.76. The Labute approximate surface area is 145 Å². The van der Waals surface area contributed by atoms with Gasteiger partial charge in [0.25, 0.3) is 0 Å². The molecule has 0 bridgehead atoms. The third-order valence-corrected chi connectivity index (χ3v) is 4.50. The molecule has 0 aliphatic carbocycles. The fourth-order valence-electron chi connectivity index (χ4n) is 3.04. The van der Waals surface area contributed by atoms with E-state index in [1.54, 1.807) is 19.3 Å². The zero-order valence-electron chi connectivity index (χ0n) is 14.3. The molecule has 25 heavy (non-hydrogen) atoms. The lowest BCUT2D eigenvalue weighted by molar-refractivity contribution is -0.160. The number of aromatic nitrogens is 1. The van der Waals surface area contributed by atoms with Gasteiger partial charge < -0.3 is 14.3 Å². The molecule has 1 aromatic heterocycles. The number of carbonyl (C=O) groups is 1. The lowest BCUT2D eigenvalue weighted by Crippen LogP contribution is -2.53. The zero-order valence-corrected chi connectivity index (χ0v) is 14.3. The largest absolute Gasteiger partial charge is 0.478 e. The van der Waals surface area contributed by atoms with Gasteiger partial charge in [-0.15, -0.1) is 0 Å². The summed E-state index contributed by atoms with van der Waals surface area (Å²) in [5, 5.41) is 9.70. The molecule has 1 N–H and O–H groups in total. The van der Waals surface area contributed by atoms with Crippen LogP contribution in [-0.4, -0.2) is 39.7 Å². The Morgan fingerprint density at radius 3 is 2.72 bits per heavy atom. The first-order chi connectivity index (χ1) is 11.9. The van der Waals surface area contributed by atoms with Gasteiger partial charge in [-0.3, -0.25) is 4.90 Å². The molecule has 2 heterocycles. The second-order valence-electron chi connectivity index (χ2n) is 6.47. The third-order valence-electron chi connectivity index (χ3n) is 4.50. The van der Waals surface area contributed by atoms with Gasteiger partial charge in [-0.2, -0.15) is 0 Å². The van der Waals surface area contributed by atoms with Crippen LogP contribution in [0, 0.1) is 19.7 Å². The van der Waals surface area contributed by atoms with Crippen LogP contribution in [-0.2, 0) is 11.3 Å². The molecule has 1 aliphatic rings. The normalized spacial score (nSPS) is 17.4. The highest BCUT2D eigenvalue weighted by atomic mass is 19.1. The quantitative estimate of drug-likeness (QED) is 0.895. The van der Waals surface area contributed by atoms with Crippen LogP contribution in [0.1, 0.15) is 30.0 Å². The number of benzene rings is 1. The van der Waals surface area contributed by atoms with Gasteiger partial charge >= 0.3 is 5.97 Å². The van der Waals surface area contributed by atoms with E-state index in [0.29, 0.717) is 25.5 Å². The second kappa shape index (κ2) is 6.84. The maximum absolute atomic E-state index is 14.0. The first-order valence-electron chi connectivity index (χ1n) is 8.20. The van der Waals surface area contributed by atoms with Crippen LogP contribution in [0.15, 0.2) is 28.9 Å². The molecule has 1 aliphatic heterocycles. The van der Waals surface area contributed by atoms with Crippen molar-refractivity contribution in [3.05, 3.63) is 47.4 Å². The van der Waals surface area contributed by atoms with Crippen LogP contribution >= 0.6 is 0 Å². The van der Waals surface area contributed by atoms with Gasteiger partial charge in [-0.25, -0.2) is 14.2 Å². The van der Waals surface area contributed by atoms with Crippen LogP contribution in [0.25, 0.3) is 0 Å². The summed E-state index contributed by atoms with van der Waals surface area (Å²) < 4.78 is 24.9. The van der Waals surface area contributed by atoms with Gasteiger partial charge in [0, 0.05) is 39.4 Å². The maximum atomic E-state index is 14.0. The Morgan fingerprint density at radius 1 is 1.40 bits per heavy atom. The molecule has 2 aromatic rings. The number of halogens is 1. The maximum Gasteiger partial charge on any atom is 0.348 e. The number of hydrogen-bond donors (Lipinski definition) is 1. The summed E-state index contributed by atoms with van der Waals surface area (Å²) in [7, 11) is 0. The number of carboxylic acids is 1. The summed E-state index contributed by atoms with van der Waals surface area (Å²) in [6, 6.07) is 4.45. The van der Waals surface area contributed by atoms with Gasteiger partial charge in [0.15, 0.2) is 17.5 Å². The number of piperidine rings is 1. The molecule has 0 unspecified atom stereocenters. The summed E-state index contributed by atoms with van der Waals surface area (Å²) in [4.78, 5) is 18.2. The highest BCUT2D eigenvalue weighted by Gasteiger charge is 2.44. The fourth-order valence-corrected chi connectivity index (χ4v) is 3.04. The smallest absolute Gasteiger partial charge is 0.348 e. The standard InChI is InChI=1S/C18H21FN2O4/c1-12-3-4-15(19)16(9-12)25-18(17(22)23)5-7-21(8-6-18)10-14-11-24-13(2)20-14/h3-4,9,11H,5-8,10H2,1-2H3,(H,22,23). The first kappa shape index (κ1) is 17.4. The van der Waals surface area contributed by atoms with Gasteiger partial charge in [0.1, 0.15) is 6.26 Å². The summed E-state index contributed by atoms with van der Waals surface area (Å²) in [5.41, 5.74) is 0.215. The highest BCUT2D eigenvalue weighted by Crippen LogP contribution is 2.31. The number of rotatable bonds is 5. The van der Waals surface area contributed by atoms with E-state index < -0.39 is 17.4 Å². The minimum absolute atomic E-state index is 0.0111. The van der Waals surface area contributed by atoms with Crippen molar-refractivity contribution < 1.29 is 23.4 Å². The molecule has 1 aromatic carbocycles. The van der Waals surface area contributed by atoms with Crippen LogP contribution in [0.3, 0.4) is 0 Å². The van der Waals surface area contributed by atoms with Gasteiger partial charge in [0.2, 0.25) is 5.60 Å². The molecule has 134 valence electrons. The van der Waals surface area contributed by atoms with Crippen molar-refractivity contribution in [2.24, 2.45) is 0 Å². The van der Waals surface area contributed by atoms with Crippen LogP contribution in [0.4, 0.5) is 4.39 Å². The van der Waals surface area contributed by atoms with Crippen molar-refractivity contribution in [1.82, 2.24) is 9.88 Å². The molecular weight excluding hydrogens is 327 g/mol. The molecule has 0 amide bonds. The SMILES string of the molecule is Cc1ccc(F)c(OC2(C(=O)O)CCN(Cc3coc(C)n3)CC2)c1. The summed E-state index contributed by atoms with van der Waals surface area (Å²) in [6.07, 6.45) is 2.14. The number of hydrogen-bond acceptors (Lipinski definition) is 5. The Morgan fingerprint density at radius 2 is 2.12 bits per heavy atom. The lowest BCUT2D eigenvalue weighted by Gasteiger charge is -2.38. The Bertz CT molecular complexity index is 766. The van der Waals surface area contributed by atoms with Gasteiger partial charge in [-0.1, -0.05) is 6.07 Å². The van der Waals surface area contributed by atoms with Crippen molar-refractivity contribution in [1.29, 1.82) is 0 Å². The Balaban J connectivity index is 1.70. The number of nitrogens with zero attached hydrogens (tertiary/aromatic N) is 2. The van der Waals surface area contributed by atoms with Crippen molar-refractivity contribution >= 4 is 5.97 Å². The molecular formula is C18H21FN2O4. The molecule has 1 saturated heterocycles. The number of carboxylic acid groups (broad SMARTS) is 1.